The predicted octanol–water partition coefficient (Wildman–Crippen LogP) is 3.45. The average Bonchev–Trinajstić information content (AvgIpc) is 2.74. The molecule has 2 N–H and O–H groups in total. The highest BCUT2D eigenvalue weighted by atomic mass is 19.1. The van der Waals surface area contributed by atoms with Gasteiger partial charge in [-0.2, -0.15) is 4.39 Å². The van der Waals surface area contributed by atoms with E-state index >= 15 is 4.39 Å². The van der Waals surface area contributed by atoms with Crippen LogP contribution >= 0.6 is 0 Å². The number of carbonyl (C=O) groups is 2. The van der Waals surface area contributed by atoms with Crippen molar-refractivity contribution in [3.05, 3.63) is 89.0 Å². The van der Waals surface area contributed by atoms with Gasteiger partial charge in [0.2, 0.25) is 11.7 Å². The molecule has 29 heavy (non-hydrogen) atoms. The predicted molar refractivity (Wildman–Crippen MR) is 103 cm³/mol. The number of ether oxygens (including phenoxy) is 2. The van der Waals surface area contributed by atoms with Crippen LogP contribution in [-0.2, 0) is 0 Å². The van der Waals surface area contributed by atoms with E-state index in [2.05, 4.69) is 4.98 Å². The third-order valence-electron chi connectivity index (χ3n) is 4.69. The first kappa shape index (κ1) is 18.6. The molecule has 1 aliphatic rings. The van der Waals surface area contributed by atoms with Gasteiger partial charge in [0, 0.05) is 24.4 Å². The molecule has 0 fully saturated rings. The summed E-state index contributed by atoms with van der Waals surface area (Å²) in [5.74, 6) is -1.55. The van der Waals surface area contributed by atoms with Gasteiger partial charge in [0.05, 0.1) is 12.2 Å². The largest absolute Gasteiger partial charge is 0.489 e. The molecule has 0 unspecified atom stereocenters. The molecule has 7 heteroatoms. The van der Waals surface area contributed by atoms with E-state index in [1.54, 1.807) is 48.8 Å². The number of pyridine rings is 1. The molecular formula is C22H17FN2O4. The summed E-state index contributed by atoms with van der Waals surface area (Å²) in [6, 6.07) is 13.0. The van der Waals surface area contributed by atoms with Crippen LogP contribution in [-0.4, -0.2) is 23.3 Å². The summed E-state index contributed by atoms with van der Waals surface area (Å²) < 4.78 is 26.4. The van der Waals surface area contributed by atoms with E-state index in [0.717, 1.165) is 5.56 Å². The standard InChI is InChI=1S/C22H17FN2O4/c23-19-18(6-5-16-17(26)9-12-28-21(16)19)29-20(14-7-10-25-11-8-14)13-1-3-15(4-2-13)22(24)27/h1-8,10-11,20H,9,12H2,(H2,24,27)/t20-/m1/s1. The zero-order valence-electron chi connectivity index (χ0n) is 15.3. The van der Waals surface area contributed by atoms with Gasteiger partial charge in [-0.05, 0) is 47.5 Å². The van der Waals surface area contributed by atoms with E-state index in [1.807, 2.05) is 0 Å². The lowest BCUT2D eigenvalue weighted by atomic mass is 10.0. The van der Waals surface area contributed by atoms with Crippen molar-refractivity contribution < 1.29 is 23.5 Å². The van der Waals surface area contributed by atoms with Crippen molar-refractivity contribution >= 4 is 11.7 Å². The van der Waals surface area contributed by atoms with Crippen LogP contribution < -0.4 is 15.2 Å². The number of fused-ring (bicyclic) bond motifs is 1. The van der Waals surface area contributed by atoms with E-state index in [-0.39, 0.29) is 35.9 Å². The number of carbonyl (C=O) groups excluding carboxylic acids is 2. The molecular weight excluding hydrogens is 375 g/mol. The molecule has 3 aromatic rings. The zero-order valence-corrected chi connectivity index (χ0v) is 15.3. The Labute approximate surface area is 166 Å². The molecule has 0 saturated carbocycles. The third kappa shape index (κ3) is 3.67. The maximum absolute atomic E-state index is 15.0. The number of aromatic nitrogens is 1. The van der Waals surface area contributed by atoms with Gasteiger partial charge in [0.15, 0.2) is 17.3 Å². The molecule has 0 spiro atoms. The minimum Gasteiger partial charge on any atom is -0.489 e. The summed E-state index contributed by atoms with van der Waals surface area (Å²) in [5, 5.41) is 0. The number of halogens is 1. The van der Waals surface area contributed by atoms with Gasteiger partial charge in [0.25, 0.3) is 0 Å². The third-order valence-corrected chi connectivity index (χ3v) is 4.69. The van der Waals surface area contributed by atoms with E-state index in [4.69, 9.17) is 15.2 Å². The van der Waals surface area contributed by atoms with Crippen molar-refractivity contribution in [3.8, 4) is 11.5 Å². The molecule has 1 aromatic heterocycles. The topological polar surface area (TPSA) is 91.5 Å². The van der Waals surface area contributed by atoms with Crippen molar-refractivity contribution in [2.75, 3.05) is 6.61 Å². The van der Waals surface area contributed by atoms with Crippen LogP contribution in [0.1, 0.15) is 44.4 Å². The fraction of sp³-hybridized carbons (Fsp3) is 0.136. The maximum Gasteiger partial charge on any atom is 0.248 e. The molecule has 0 bridgehead atoms. The van der Waals surface area contributed by atoms with Gasteiger partial charge >= 0.3 is 0 Å². The van der Waals surface area contributed by atoms with E-state index in [9.17, 15) is 9.59 Å². The second-order valence-electron chi connectivity index (χ2n) is 6.54. The maximum atomic E-state index is 15.0. The highest BCUT2D eigenvalue weighted by Gasteiger charge is 2.26. The summed E-state index contributed by atoms with van der Waals surface area (Å²) in [7, 11) is 0. The Morgan fingerprint density at radius 1 is 1.07 bits per heavy atom. The monoisotopic (exact) mass is 392 g/mol. The molecule has 1 aliphatic heterocycles. The summed E-state index contributed by atoms with van der Waals surface area (Å²) >= 11 is 0. The first-order valence-corrected chi connectivity index (χ1v) is 8.99. The first-order valence-electron chi connectivity index (χ1n) is 8.99. The van der Waals surface area contributed by atoms with Crippen LogP contribution in [0.2, 0.25) is 0 Å². The van der Waals surface area contributed by atoms with E-state index < -0.39 is 17.8 Å². The molecule has 0 radical (unpaired) electrons. The number of primary amides is 1. The zero-order chi connectivity index (χ0) is 20.4. The lowest BCUT2D eigenvalue weighted by Gasteiger charge is -2.23. The van der Waals surface area contributed by atoms with Crippen LogP contribution in [0.5, 0.6) is 11.5 Å². The van der Waals surface area contributed by atoms with Crippen LogP contribution in [0.15, 0.2) is 60.9 Å². The number of benzene rings is 2. The normalized spacial score (nSPS) is 13.9. The Kier molecular flexibility index (Phi) is 4.95. The highest BCUT2D eigenvalue weighted by Crippen LogP contribution is 2.37. The Morgan fingerprint density at radius 3 is 2.45 bits per heavy atom. The fourth-order valence-electron chi connectivity index (χ4n) is 3.19. The second kappa shape index (κ2) is 7.71. The van der Waals surface area contributed by atoms with Gasteiger partial charge in [-0.1, -0.05) is 12.1 Å². The van der Waals surface area contributed by atoms with Gasteiger partial charge in [-0.3, -0.25) is 14.6 Å². The summed E-state index contributed by atoms with van der Waals surface area (Å²) in [6.45, 7) is 0.134. The summed E-state index contributed by atoms with van der Waals surface area (Å²) in [5.41, 5.74) is 7.30. The number of Topliss-reactive ketones (excluding diaryl/α,β-unsaturated/α-hetero) is 1. The number of hydrogen-bond acceptors (Lipinski definition) is 5. The van der Waals surface area contributed by atoms with Crippen molar-refractivity contribution in [1.82, 2.24) is 4.98 Å². The van der Waals surface area contributed by atoms with Crippen LogP contribution in [0, 0.1) is 5.82 Å². The lowest BCUT2D eigenvalue weighted by Crippen LogP contribution is -2.18. The van der Waals surface area contributed by atoms with Gasteiger partial charge in [0.1, 0.15) is 6.10 Å². The van der Waals surface area contributed by atoms with Crippen LogP contribution in [0.25, 0.3) is 0 Å². The van der Waals surface area contributed by atoms with Gasteiger partial charge in [-0.15, -0.1) is 0 Å². The molecule has 146 valence electrons. The van der Waals surface area contributed by atoms with Crippen molar-refractivity contribution in [3.63, 3.8) is 0 Å². The lowest BCUT2D eigenvalue weighted by molar-refractivity contribution is 0.0927. The molecule has 4 rings (SSSR count). The summed E-state index contributed by atoms with van der Waals surface area (Å²) in [6.07, 6.45) is 2.76. The molecule has 2 aromatic carbocycles. The summed E-state index contributed by atoms with van der Waals surface area (Å²) in [4.78, 5) is 27.3. The Hall–Kier alpha value is -3.74. The van der Waals surface area contributed by atoms with Gasteiger partial charge < -0.3 is 15.2 Å². The van der Waals surface area contributed by atoms with Crippen molar-refractivity contribution in [2.24, 2.45) is 5.73 Å². The number of ketones is 1. The molecule has 6 nitrogen and oxygen atoms in total. The SMILES string of the molecule is NC(=O)c1ccc([C@@H](Oc2ccc3c(c2F)OCCC3=O)c2ccncc2)cc1. The molecule has 0 saturated heterocycles. The smallest absolute Gasteiger partial charge is 0.248 e. The number of nitrogens with two attached hydrogens (primary N) is 1. The van der Waals surface area contributed by atoms with E-state index in [1.165, 1.54) is 12.1 Å². The fourth-order valence-corrected chi connectivity index (χ4v) is 3.19. The molecule has 1 atom stereocenters. The van der Waals surface area contributed by atoms with Gasteiger partial charge in [-0.25, -0.2) is 0 Å². The molecule has 0 aliphatic carbocycles. The Morgan fingerprint density at radius 2 is 1.76 bits per heavy atom. The molecule has 1 amide bonds. The van der Waals surface area contributed by atoms with Crippen LogP contribution in [0.4, 0.5) is 4.39 Å². The molecule has 2 heterocycles. The minimum absolute atomic E-state index is 0.0424. The quantitative estimate of drug-likeness (QED) is 0.718. The second-order valence-corrected chi connectivity index (χ2v) is 6.54. The Bertz CT molecular complexity index is 1070. The average molecular weight is 392 g/mol. The number of nitrogens with zero attached hydrogens (tertiary/aromatic N) is 1. The van der Waals surface area contributed by atoms with Crippen molar-refractivity contribution in [2.45, 2.75) is 12.5 Å². The Balaban J connectivity index is 1.73. The first-order chi connectivity index (χ1) is 14.0. The van der Waals surface area contributed by atoms with Crippen molar-refractivity contribution in [1.29, 1.82) is 0 Å². The minimum atomic E-state index is -0.719. The number of rotatable bonds is 5. The highest BCUT2D eigenvalue weighted by molar-refractivity contribution is 5.99. The number of hydrogen-bond donors (Lipinski definition) is 1. The van der Waals surface area contributed by atoms with E-state index in [0.29, 0.717) is 11.1 Å². The van der Waals surface area contributed by atoms with Crippen LogP contribution in [0.3, 0.4) is 0 Å². The number of amides is 1.